The molecule has 3 aromatic carbocycles. The number of methoxy groups -OCH3 is 1. The SMILES string of the molecule is COc1cc(C2C3=CCC4C(=O)N(c5ccc(C)c(Cl)c5)C(=O)C4C3CC3C(=O)N(c4ccc(F)c(Cl)c4)C(=O)C32C)ccc1O. The maximum absolute atomic E-state index is 14.5. The summed E-state index contributed by atoms with van der Waals surface area (Å²) >= 11 is 12.4. The van der Waals surface area contributed by atoms with Gasteiger partial charge >= 0.3 is 0 Å². The van der Waals surface area contributed by atoms with E-state index in [1.54, 1.807) is 37.3 Å². The molecule has 2 saturated heterocycles. The zero-order valence-electron chi connectivity index (χ0n) is 25.1. The van der Waals surface area contributed by atoms with Gasteiger partial charge < -0.3 is 9.84 Å². The fourth-order valence-corrected chi connectivity index (χ4v) is 8.46. The predicted octanol–water partition coefficient (Wildman–Crippen LogP) is 6.59. The maximum atomic E-state index is 14.5. The molecule has 0 spiro atoms. The second kappa shape index (κ2) is 10.7. The third-order valence-electron chi connectivity index (χ3n) is 10.4. The molecule has 7 rings (SSSR count). The molecular weight excluding hydrogens is 634 g/mol. The Balaban J connectivity index is 1.37. The minimum Gasteiger partial charge on any atom is -0.504 e. The molecule has 6 unspecified atom stereocenters. The molecule has 1 saturated carbocycles. The van der Waals surface area contributed by atoms with Crippen LogP contribution in [0.5, 0.6) is 11.5 Å². The number of aryl methyl sites for hydroxylation is 1. The number of nitrogens with zero attached hydrogens (tertiary/aromatic N) is 2. The number of anilines is 2. The lowest BCUT2D eigenvalue weighted by molar-refractivity contribution is -0.131. The average molecular weight is 664 g/mol. The molecule has 2 aliphatic heterocycles. The summed E-state index contributed by atoms with van der Waals surface area (Å²) < 4.78 is 19.5. The number of rotatable bonds is 4. The molecule has 4 aliphatic rings. The van der Waals surface area contributed by atoms with Crippen LogP contribution in [-0.4, -0.2) is 35.8 Å². The van der Waals surface area contributed by atoms with Crippen molar-refractivity contribution in [3.05, 3.63) is 93.2 Å². The van der Waals surface area contributed by atoms with Crippen molar-refractivity contribution in [2.45, 2.75) is 32.6 Å². The van der Waals surface area contributed by atoms with Gasteiger partial charge in [-0.1, -0.05) is 47.0 Å². The summed E-state index contributed by atoms with van der Waals surface area (Å²) in [6.07, 6.45) is 2.35. The monoisotopic (exact) mass is 662 g/mol. The Morgan fingerprint density at radius 2 is 1.59 bits per heavy atom. The van der Waals surface area contributed by atoms with Gasteiger partial charge in [-0.3, -0.25) is 19.2 Å². The van der Waals surface area contributed by atoms with Crippen LogP contribution in [0.2, 0.25) is 10.0 Å². The lowest BCUT2D eigenvalue weighted by atomic mass is 9.51. The lowest BCUT2D eigenvalue weighted by Crippen LogP contribution is -2.48. The molecule has 2 aliphatic carbocycles. The number of ether oxygens (including phenoxy) is 1. The van der Waals surface area contributed by atoms with Gasteiger partial charge in [0.2, 0.25) is 23.6 Å². The predicted molar refractivity (Wildman–Crippen MR) is 169 cm³/mol. The van der Waals surface area contributed by atoms with E-state index in [2.05, 4.69) is 0 Å². The fraction of sp³-hybridized carbons (Fsp3) is 0.314. The Bertz CT molecular complexity index is 1910. The van der Waals surface area contributed by atoms with Crippen molar-refractivity contribution in [2.75, 3.05) is 16.9 Å². The van der Waals surface area contributed by atoms with Gasteiger partial charge in [-0.25, -0.2) is 14.2 Å². The first-order valence-corrected chi connectivity index (χ1v) is 15.7. The second-order valence-corrected chi connectivity index (χ2v) is 13.5. The third kappa shape index (κ3) is 4.17. The van der Waals surface area contributed by atoms with Crippen LogP contribution in [0.3, 0.4) is 0 Å². The first-order valence-electron chi connectivity index (χ1n) is 14.9. The van der Waals surface area contributed by atoms with Crippen LogP contribution in [0.1, 0.15) is 36.8 Å². The quantitative estimate of drug-likeness (QED) is 0.250. The van der Waals surface area contributed by atoms with E-state index in [1.807, 2.05) is 13.0 Å². The van der Waals surface area contributed by atoms with Gasteiger partial charge in [0.25, 0.3) is 0 Å². The molecule has 0 radical (unpaired) electrons. The largest absolute Gasteiger partial charge is 0.504 e. The second-order valence-electron chi connectivity index (χ2n) is 12.6. The number of halogens is 3. The van der Waals surface area contributed by atoms with E-state index in [-0.39, 0.29) is 46.9 Å². The van der Waals surface area contributed by atoms with Gasteiger partial charge in [0.05, 0.1) is 46.7 Å². The van der Waals surface area contributed by atoms with Crippen LogP contribution < -0.4 is 14.5 Å². The molecule has 2 heterocycles. The normalized spacial score (nSPS) is 28.7. The Morgan fingerprint density at radius 3 is 2.28 bits per heavy atom. The number of imide groups is 2. The fourth-order valence-electron chi connectivity index (χ4n) is 8.11. The molecule has 3 fully saturated rings. The Hall–Kier alpha value is -4.21. The van der Waals surface area contributed by atoms with Crippen LogP contribution in [0.4, 0.5) is 15.8 Å². The number of benzene rings is 3. The summed E-state index contributed by atoms with van der Waals surface area (Å²) in [6.45, 7) is 3.56. The van der Waals surface area contributed by atoms with Crippen LogP contribution >= 0.6 is 23.2 Å². The van der Waals surface area contributed by atoms with Gasteiger partial charge in [0.15, 0.2) is 11.5 Å². The number of hydrogen-bond acceptors (Lipinski definition) is 6. The number of phenols is 1. The number of amides is 4. The molecule has 4 amide bonds. The first-order chi connectivity index (χ1) is 21.9. The molecule has 8 nitrogen and oxygen atoms in total. The number of carbonyl (C=O) groups excluding carboxylic acids is 4. The number of fused-ring (bicyclic) bond motifs is 4. The van der Waals surface area contributed by atoms with Crippen LogP contribution in [-0.2, 0) is 19.2 Å². The van der Waals surface area contributed by atoms with E-state index in [9.17, 15) is 28.7 Å². The van der Waals surface area contributed by atoms with E-state index in [4.69, 9.17) is 27.9 Å². The number of aromatic hydroxyl groups is 1. The summed E-state index contributed by atoms with van der Waals surface area (Å²) in [5.41, 5.74) is 1.39. The highest BCUT2D eigenvalue weighted by molar-refractivity contribution is 6.32. The van der Waals surface area contributed by atoms with Gasteiger partial charge in [0, 0.05) is 10.9 Å². The Morgan fingerprint density at radius 1 is 0.891 bits per heavy atom. The summed E-state index contributed by atoms with van der Waals surface area (Å²) in [4.78, 5) is 59.1. The zero-order valence-corrected chi connectivity index (χ0v) is 26.6. The lowest BCUT2D eigenvalue weighted by Gasteiger charge is -2.49. The van der Waals surface area contributed by atoms with Crippen molar-refractivity contribution < 1.29 is 33.4 Å². The minimum atomic E-state index is -1.33. The van der Waals surface area contributed by atoms with Gasteiger partial charge in [-0.05, 0) is 86.2 Å². The highest BCUT2D eigenvalue weighted by atomic mass is 35.5. The van der Waals surface area contributed by atoms with Crippen LogP contribution in [0, 0.1) is 41.8 Å². The number of carbonyl (C=O) groups is 4. The molecule has 1 N–H and O–H groups in total. The Kier molecular flexibility index (Phi) is 7.06. The first kappa shape index (κ1) is 30.4. The summed E-state index contributed by atoms with van der Waals surface area (Å²) in [5, 5.41) is 10.6. The van der Waals surface area contributed by atoms with Crippen molar-refractivity contribution in [1.82, 2.24) is 0 Å². The smallest absolute Gasteiger partial charge is 0.241 e. The van der Waals surface area contributed by atoms with Crippen LogP contribution in [0.15, 0.2) is 66.2 Å². The molecule has 236 valence electrons. The Labute approximate surface area is 274 Å². The van der Waals surface area contributed by atoms with E-state index in [0.717, 1.165) is 22.1 Å². The third-order valence-corrected chi connectivity index (χ3v) is 11.1. The highest BCUT2D eigenvalue weighted by Crippen LogP contribution is 2.64. The van der Waals surface area contributed by atoms with E-state index < -0.39 is 52.6 Å². The molecule has 6 atom stereocenters. The van der Waals surface area contributed by atoms with E-state index in [0.29, 0.717) is 16.3 Å². The number of phenolic OH excluding ortho intramolecular Hbond substituents is 1. The molecule has 0 aromatic heterocycles. The van der Waals surface area contributed by atoms with Gasteiger partial charge in [0.1, 0.15) is 5.82 Å². The summed E-state index contributed by atoms with van der Waals surface area (Å²) in [7, 11) is 1.41. The zero-order chi connectivity index (χ0) is 32.8. The molecular formula is C35H29Cl2FN2O6. The topological polar surface area (TPSA) is 104 Å². The van der Waals surface area contributed by atoms with Crippen molar-refractivity contribution in [1.29, 1.82) is 0 Å². The molecule has 0 bridgehead atoms. The molecule has 11 heteroatoms. The maximum Gasteiger partial charge on any atom is 0.241 e. The average Bonchev–Trinajstić information content (AvgIpc) is 3.40. The van der Waals surface area contributed by atoms with Crippen molar-refractivity contribution in [3.8, 4) is 11.5 Å². The van der Waals surface area contributed by atoms with Crippen LogP contribution in [0.25, 0.3) is 0 Å². The van der Waals surface area contributed by atoms with E-state index >= 15 is 0 Å². The summed E-state index contributed by atoms with van der Waals surface area (Å²) in [5.74, 6) is -5.87. The number of allylic oxidation sites excluding steroid dienone is 2. The molecule has 3 aromatic rings. The number of hydrogen-bond donors (Lipinski definition) is 1. The summed E-state index contributed by atoms with van der Waals surface area (Å²) in [6, 6.07) is 13.5. The van der Waals surface area contributed by atoms with Gasteiger partial charge in [-0.2, -0.15) is 0 Å². The van der Waals surface area contributed by atoms with E-state index in [1.165, 1.54) is 30.2 Å². The standard InChI is InChI=1S/C35H29Cl2FN2O6/c1-16-4-6-18(13-24(16)36)39-31(42)21-9-8-20-22(29(21)33(39)44)15-23-32(43)40(19-7-10-26(38)25(37)14-19)34(45)35(23,2)30(20)17-5-11-27(41)28(12-17)46-3/h4-8,10-14,21-23,29-30,41H,9,15H2,1-3H3. The van der Waals surface area contributed by atoms with Crippen molar-refractivity contribution in [3.63, 3.8) is 0 Å². The minimum absolute atomic E-state index is 0.0987. The van der Waals surface area contributed by atoms with Crippen molar-refractivity contribution in [2.24, 2.45) is 29.1 Å². The highest BCUT2D eigenvalue weighted by Gasteiger charge is 2.67. The molecule has 46 heavy (non-hydrogen) atoms. The van der Waals surface area contributed by atoms with Crippen molar-refractivity contribution >= 4 is 58.2 Å². The van der Waals surface area contributed by atoms with Gasteiger partial charge in [-0.15, -0.1) is 0 Å².